The number of hydrogen-bond acceptors (Lipinski definition) is 1. The number of fused-ring (bicyclic) bond motifs is 1. The highest BCUT2D eigenvalue weighted by molar-refractivity contribution is 5.85. The van der Waals surface area contributed by atoms with Gasteiger partial charge in [-0.3, -0.25) is 0 Å². The molecule has 0 atom stereocenters. The molecule has 3 rings (SSSR count). The summed E-state index contributed by atoms with van der Waals surface area (Å²) in [6.45, 7) is 0. The molecule has 2 heteroatoms. The van der Waals surface area contributed by atoms with Crippen LogP contribution in [0.4, 0.5) is 0 Å². The van der Waals surface area contributed by atoms with Crippen LogP contribution >= 0.6 is 0 Å². The minimum Gasteiger partial charge on any atom is -0.507 e. The molecule has 1 aromatic heterocycles. The van der Waals surface area contributed by atoms with Crippen LogP contribution < -0.4 is 0 Å². The molecule has 19 heavy (non-hydrogen) atoms. The molecular weight excluding hydrogens is 234 g/mol. The first-order chi connectivity index (χ1) is 9.25. The third-order valence-corrected chi connectivity index (χ3v) is 3.36. The predicted octanol–water partition coefficient (Wildman–Crippen LogP) is 4.05. The van der Waals surface area contributed by atoms with Gasteiger partial charge in [-0.05, 0) is 30.4 Å². The molecule has 94 valence electrons. The summed E-state index contributed by atoms with van der Waals surface area (Å²) in [7, 11) is 2.05. The van der Waals surface area contributed by atoms with Crippen LogP contribution in [0.1, 0.15) is 11.3 Å². The first-order valence-corrected chi connectivity index (χ1v) is 6.26. The molecule has 0 aliphatic heterocycles. The van der Waals surface area contributed by atoms with E-state index in [0.717, 1.165) is 11.3 Å². The molecule has 2 nitrogen and oxygen atoms in total. The number of phenols is 1. The maximum Gasteiger partial charge on any atom is 0.122 e. The number of benzene rings is 2. The van der Waals surface area contributed by atoms with Gasteiger partial charge in [-0.1, -0.05) is 36.4 Å². The lowest BCUT2D eigenvalue weighted by atomic mass is 10.2. The Bertz CT molecular complexity index is 753. The Labute approximate surface area is 112 Å². The minimum absolute atomic E-state index is 0.303. The molecule has 0 aliphatic rings. The van der Waals surface area contributed by atoms with Crippen molar-refractivity contribution in [3.63, 3.8) is 0 Å². The number of aromatic nitrogens is 1. The molecular formula is C17H15NO. The summed E-state index contributed by atoms with van der Waals surface area (Å²) in [5, 5.41) is 11.0. The number of aryl methyl sites for hydroxylation is 1. The van der Waals surface area contributed by atoms with Crippen LogP contribution in [0.5, 0.6) is 5.75 Å². The molecule has 1 N–H and O–H groups in total. The lowest BCUT2D eigenvalue weighted by Gasteiger charge is -2.00. The standard InChI is InChI=1S/C17H15NO/c1-18-15(12-14-7-2-4-8-16(14)18)11-10-13-6-3-5-9-17(13)19/h2-12,19H,1H3/b11-10+. The first kappa shape index (κ1) is 11.6. The van der Waals surface area contributed by atoms with Gasteiger partial charge in [-0.15, -0.1) is 0 Å². The minimum atomic E-state index is 0.303. The highest BCUT2D eigenvalue weighted by atomic mass is 16.3. The van der Waals surface area contributed by atoms with Crippen molar-refractivity contribution in [2.75, 3.05) is 0 Å². The zero-order chi connectivity index (χ0) is 13.2. The molecule has 0 saturated carbocycles. The fourth-order valence-corrected chi connectivity index (χ4v) is 2.27. The second-order valence-corrected chi connectivity index (χ2v) is 4.58. The van der Waals surface area contributed by atoms with Gasteiger partial charge in [-0.25, -0.2) is 0 Å². The number of aromatic hydroxyl groups is 1. The van der Waals surface area contributed by atoms with Gasteiger partial charge in [0.25, 0.3) is 0 Å². The number of hydrogen-bond donors (Lipinski definition) is 1. The molecule has 1 heterocycles. The summed E-state index contributed by atoms with van der Waals surface area (Å²) < 4.78 is 2.14. The monoisotopic (exact) mass is 249 g/mol. The third-order valence-electron chi connectivity index (χ3n) is 3.36. The summed E-state index contributed by atoms with van der Waals surface area (Å²) in [5.41, 5.74) is 3.15. The average molecular weight is 249 g/mol. The van der Waals surface area contributed by atoms with Gasteiger partial charge >= 0.3 is 0 Å². The van der Waals surface area contributed by atoms with Crippen LogP contribution in [-0.4, -0.2) is 9.67 Å². The van der Waals surface area contributed by atoms with E-state index in [9.17, 15) is 5.11 Å². The Balaban J connectivity index is 2.02. The van der Waals surface area contributed by atoms with E-state index in [0.29, 0.717) is 5.75 Å². The van der Waals surface area contributed by atoms with Gasteiger partial charge < -0.3 is 9.67 Å². The predicted molar refractivity (Wildman–Crippen MR) is 80.0 cm³/mol. The Hall–Kier alpha value is -2.48. The van der Waals surface area contributed by atoms with E-state index in [1.165, 1.54) is 10.9 Å². The van der Waals surface area contributed by atoms with Gasteiger partial charge in [0, 0.05) is 29.2 Å². The van der Waals surface area contributed by atoms with E-state index in [2.05, 4.69) is 22.8 Å². The van der Waals surface area contributed by atoms with Crippen molar-refractivity contribution in [3.8, 4) is 5.75 Å². The Morgan fingerprint density at radius 3 is 2.47 bits per heavy atom. The molecule has 2 aromatic carbocycles. The van der Waals surface area contributed by atoms with Gasteiger partial charge in [0.15, 0.2) is 0 Å². The Morgan fingerprint density at radius 1 is 0.947 bits per heavy atom. The molecule has 0 radical (unpaired) electrons. The largest absolute Gasteiger partial charge is 0.507 e. The number of para-hydroxylation sites is 2. The molecule has 0 unspecified atom stereocenters. The third kappa shape index (κ3) is 2.13. The zero-order valence-corrected chi connectivity index (χ0v) is 10.7. The van der Waals surface area contributed by atoms with Crippen LogP contribution in [-0.2, 0) is 7.05 Å². The van der Waals surface area contributed by atoms with Crippen molar-refractivity contribution in [1.82, 2.24) is 4.57 Å². The molecule has 0 aliphatic carbocycles. The van der Waals surface area contributed by atoms with E-state index in [-0.39, 0.29) is 0 Å². The van der Waals surface area contributed by atoms with Crippen molar-refractivity contribution in [1.29, 1.82) is 0 Å². The van der Waals surface area contributed by atoms with Gasteiger partial charge in [0.1, 0.15) is 5.75 Å². The summed E-state index contributed by atoms with van der Waals surface area (Å²) in [6, 6.07) is 17.8. The van der Waals surface area contributed by atoms with Crippen LogP contribution in [0.2, 0.25) is 0 Å². The summed E-state index contributed by atoms with van der Waals surface area (Å²) in [4.78, 5) is 0. The van der Waals surface area contributed by atoms with Crippen molar-refractivity contribution in [3.05, 3.63) is 65.9 Å². The summed E-state index contributed by atoms with van der Waals surface area (Å²) in [5.74, 6) is 0.303. The van der Waals surface area contributed by atoms with E-state index in [1.54, 1.807) is 6.07 Å². The maximum absolute atomic E-state index is 9.74. The van der Waals surface area contributed by atoms with Crippen LogP contribution in [0, 0.1) is 0 Å². The number of phenolic OH excluding ortho intramolecular Hbond substituents is 1. The molecule has 0 spiro atoms. The lowest BCUT2D eigenvalue weighted by molar-refractivity contribution is 0.474. The van der Waals surface area contributed by atoms with E-state index in [4.69, 9.17) is 0 Å². The Morgan fingerprint density at radius 2 is 1.68 bits per heavy atom. The van der Waals surface area contributed by atoms with Crippen molar-refractivity contribution >= 4 is 23.1 Å². The van der Waals surface area contributed by atoms with E-state index < -0.39 is 0 Å². The van der Waals surface area contributed by atoms with Gasteiger partial charge in [-0.2, -0.15) is 0 Å². The quantitative estimate of drug-likeness (QED) is 0.728. The maximum atomic E-state index is 9.74. The molecule has 3 aromatic rings. The van der Waals surface area contributed by atoms with E-state index >= 15 is 0 Å². The average Bonchev–Trinajstić information content (AvgIpc) is 2.75. The van der Waals surface area contributed by atoms with Crippen LogP contribution in [0.3, 0.4) is 0 Å². The molecule has 0 bridgehead atoms. The van der Waals surface area contributed by atoms with Crippen LogP contribution in [0.15, 0.2) is 54.6 Å². The highest BCUT2D eigenvalue weighted by Gasteiger charge is 2.02. The number of nitrogens with zero attached hydrogens (tertiary/aromatic N) is 1. The van der Waals surface area contributed by atoms with Crippen LogP contribution in [0.25, 0.3) is 23.1 Å². The molecule has 0 fully saturated rings. The Kier molecular flexibility index (Phi) is 2.84. The lowest BCUT2D eigenvalue weighted by Crippen LogP contribution is -1.89. The summed E-state index contributed by atoms with van der Waals surface area (Å²) in [6.07, 6.45) is 3.96. The first-order valence-electron chi connectivity index (χ1n) is 6.26. The highest BCUT2D eigenvalue weighted by Crippen LogP contribution is 2.22. The van der Waals surface area contributed by atoms with Crippen molar-refractivity contribution in [2.45, 2.75) is 0 Å². The van der Waals surface area contributed by atoms with Crippen molar-refractivity contribution < 1.29 is 5.11 Å². The fourth-order valence-electron chi connectivity index (χ4n) is 2.27. The second-order valence-electron chi connectivity index (χ2n) is 4.58. The molecule has 0 saturated heterocycles. The zero-order valence-electron chi connectivity index (χ0n) is 10.7. The number of rotatable bonds is 2. The van der Waals surface area contributed by atoms with Gasteiger partial charge in [0.05, 0.1) is 0 Å². The normalized spacial score (nSPS) is 11.4. The second kappa shape index (κ2) is 4.65. The topological polar surface area (TPSA) is 25.2 Å². The van der Waals surface area contributed by atoms with Gasteiger partial charge in [0.2, 0.25) is 0 Å². The molecule has 0 amide bonds. The summed E-state index contributed by atoms with van der Waals surface area (Å²) >= 11 is 0. The smallest absolute Gasteiger partial charge is 0.122 e. The van der Waals surface area contributed by atoms with E-state index in [1.807, 2.05) is 49.5 Å². The van der Waals surface area contributed by atoms with Crippen molar-refractivity contribution in [2.24, 2.45) is 7.05 Å². The fraction of sp³-hybridized carbons (Fsp3) is 0.0588. The SMILES string of the molecule is Cn1c(/C=C/c2ccccc2O)cc2ccccc21.